The minimum Gasteiger partial charge on any atom is -0.396 e. The smallest absolute Gasteiger partial charge is 0.236 e. The van der Waals surface area contributed by atoms with Gasteiger partial charge in [-0.2, -0.15) is 0 Å². The van der Waals surface area contributed by atoms with E-state index in [2.05, 4.69) is 10.6 Å². The third-order valence-corrected chi connectivity index (χ3v) is 3.38. The Balaban J connectivity index is 2.27. The van der Waals surface area contributed by atoms with Crippen LogP contribution in [0.4, 0.5) is 0 Å². The van der Waals surface area contributed by atoms with Crippen LogP contribution in [-0.4, -0.2) is 37.3 Å². The molecule has 1 amide bonds. The van der Waals surface area contributed by atoms with Crippen molar-refractivity contribution in [2.24, 2.45) is 11.8 Å². The minimum absolute atomic E-state index is 0.0218. The number of aliphatic hydroxyl groups is 1. The van der Waals surface area contributed by atoms with E-state index in [4.69, 9.17) is 5.11 Å². The molecule has 3 unspecified atom stereocenters. The van der Waals surface area contributed by atoms with Crippen molar-refractivity contribution in [3.63, 3.8) is 0 Å². The molecule has 0 saturated heterocycles. The molecule has 1 fully saturated rings. The van der Waals surface area contributed by atoms with Gasteiger partial charge in [-0.05, 0) is 38.1 Å². The number of likely N-dealkylation sites (N-methyl/N-ethyl adjacent to an activating group) is 1. The number of aliphatic hydroxyl groups excluding tert-OH is 1. The summed E-state index contributed by atoms with van der Waals surface area (Å²) >= 11 is 0. The first-order chi connectivity index (χ1) is 7.19. The molecule has 88 valence electrons. The molecule has 1 aliphatic rings. The van der Waals surface area contributed by atoms with Gasteiger partial charge >= 0.3 is 0 Å². The van der Waals surface area contributed by atoms with Crippen LogP contribution < -0.4 is 10.6 Å². The highest BCUT2D eigenvalue weighted by atomic mass is 16.3. The van der Waals surface area contributed by atoms with Crippen LogP contribution >= 0.6 is 0 Å². The second-order valence-electron chi connectivity index (χ2n) is 4.38. The second kappa shape index (κ2) is 6.08. The Morgan fingerprint density at radius 2 is 2.13 bits per heavy atom. The van der Waals surface area contributed by atoms with Gasteiger partial charge in [0.15, 0.2) is 0 Å². The molecule has 0 aromatic rings. The van der Waals surface area contributed by atoms with Gasteiger partial charge < -0.3 is 15.7 Å². The molecule has 0 heterocycles. The first-order valence-corrected chi connectivity index (χ1v) is 5.74. The summed E-state index contributed by atoms with van der Waals surface area (Å²) in [5, 5.41) is 15.0. The summed E-state index contributed by atoms with van der Waals surface area (Å²) in [6, 6.07) is -0.144. The maximum absolute atomic E-state index is 11.2. The van der Waals surface area contributed by atoms with E-state index in [1.807, 2.05) is 6.92 Å². The van der Waals surface area contributed by atoms with Crippen LogP contribution in [0.1, 0.15) is 26.2 Å². The topological polar surface area (TPSA) is 61.4 Å². The molecule has 0 aliphatic heterocycles. The van der Waals surface area contributed by atoms with Gasteiger partial charge in [0.25, 0.3) is 0 Å². The first-order valence-electron chi connectivity index (χ1n) is 5.74. The fourth-order valence-electron chi connectivity index (χ4n) is 2.26. The lowest BCUT2D eigenvalue weighted by atomic mass is 9.97. The number of carbonyl (C=O) groups excluding carboxylic acids is 1. The Morgan fingerprint density at radius 1 is 1.47 bits per heavy atom. The predicted octanol–water partition coefficient (Wildman–Crippen LogP) is 0.119. The molecule has 0 aromatic carbocycles. The van der Waals surface area contributed by atoms with Gasteiger partial charge in [-0.3, -0.25) is 4.79 Å². The van der Waals surface area contributed by atoms with Crippen LogP contribution in [0, 0.1) is 11.8 Å². The Kier molecular flexibility index (Phi) is 5.05. The molecular weight excluding hydrogens is 192 g/mol. The zero-order chi connectivity index (χ0) is 11.3. The molecule has 4 heteroatoms. The van der Waals surface area contributed by atoms with Crippen LogP contribution in [0.5, 0.6) is 0 Å². The summed E-state index contributed by atoms with van der Waals surface area (Å²) in [5.74, 6) is 0.977. The highest BCUT2D eigenvalue weighted by molar-refractivity contribution is 5.80. The molecule has 0 spiro atoms. The highest BCUT2D eigenvalue weighted by Crippen LogP contribution is 2.30. The number of carbonyl (C=O) groups is 1. The van der Waals surface area contributed by atoms with E-state index in [0.29, 0.717) is 11.8 Å². The predicted molar refractivity (Wildman–Crippen MR) is 59.4 cm³/mol. The molecule has 15 heavy (non-hydrogen) atoms. The van der Waals surface area contributed by atoms with Gasteiger partial charge in [-0.15, -0.1) is 0 Å². The van der Waals surface area contributed by atoms with E-state index in [-0.39, 0.29) is 18.6 Å². The zero-order valence-electron chi connectivity index (χ0n) is 9.62. The van der Waals surface area contributed by atoms with Gasteiger partial charge in [0.05, 0.1) is 6.04 Å². The second-order valence-corrected chi connectivity index (χ2v) is 4.38. The van der Waals surface area contributed by atoms with Crippen LogP contribution in [0.2, 0.25) is 0 Å². The van der Waals surface area contributed by atoms with Crippen molar-refractivity contribution in [2.45, 2.75) is 32.2 Å². The average molecular weight is 214 g/mol. The van der Waals surface area contributed by atoms with Crippen molar-refractivity contribution in [1.82, 2.24) is 10.6 Å². The van der Waals surface area contributed by atoms with Crippen molar-refractivity contribution in [1.29, 1.82) is 0 Å². The molecule has 0 bridgehead atoms. The number of amides is 1. The molecule has 0 radical (unpaired) electrons. The van der Waals surface area contributed by atoms with Crippen molar-refractivity contribution >= 4 is 5.91 Å². The lowest BCUT2D eigenvalue weighted by Gasteiger charge is -2.20. The van der Waals surface area contributed by atoms with E-state index >= 15 is 0 Å². The van der Waals surface area contributed by atoms with E-state index in [9.17, 15) is 4.79 Å². The molecule has 1 saturated carbocycles. The molecule has 0 aromatic heterocycles. The minimum atomic E-state index is -0.144. The maximum atomic E-state index is 11.2. The summed E-state index contributed by atoms with van der Waals surface area (Å²) in [7, 11) is 1.65. The van der Waals surface area contributed by atoms with Crippen molar-refractivity contribution < 1.29 is 9.90 Å². The van der Waals surface area contributed by atoms with Crippen molar-refractivity contribution in [2.75, 3.05) is 20.2 Å². The van der Waals surface area contributed by atoms with Gasteiger partial charge in [-0.25, -0.2) is 0 Å². The largest absolute Gasteiger partial charge is 0.396 e. The monoisotopic (exact) mass is 214 g/mol. The Morgan fingerprint density at radius 3 is 2.73 bits per heavy atom. The van der Waals surface area contributed by atoms with Gasteiger partial charge in [0.2, 0.25) is 5.91 Å². The standard InChI is InChI=1S/C11H22N2O2/c1-8(11(15)12-2)13-6-9-4-3-5-10(9)7-14/h8-10,13-14H,3-7H2,1-2H3,(H,12,15). The van der Waals surface area contributed by atoms with Gasteiger partial charge in [0.1, 0.15) is 0 Å². The molecular formula is C11H22N2O2. The number of hydrogen-bond acceptors (Lipinski definition) is 3. The summed E-state index contributed by atoms with van der Waals surface area (Å²) in [6.45, 7) is 2.97. The Bertz CT molecular complexity index is 209. The van der Waals surface area contributed by atoms with E-state index < -0.39 is 0 Å². The van der Waals surface area contributed by atoms with E-state index in [1.54, 1.807) is 7.05 Å². The summed E-state index contributed by atoms with van der Waals surface area (Å²) < 4.78 is 0. The summed E-state index contributed by atoms with van der Waals surface area (Å²) in [5.41, 5.74) is 0. The quantitative estimate of drug-likeness (QED) is 0.609. The SMILES string of the molecule is CNC(=O)C(C)NCC1CCCC1CO. The van der Waals surface area contributed by atoms with Crippen LogP contribution in [0.25, 0.3) is 0 Å². The third kappa shape index (κ3) is 3.47. The Hall–Kier alpha value is -0.610. The normalized spacial score (nSPS) is 27.7. The van der Waals surface area contributed by atoms with Crippen molar-refractivity contribution in [3.05, 3.63) is 0 Å². The molecule has 3 atom stereocenters. The highest BCUT2D eigenvalue weighted by Gasteiger charge is 2.26. The third-order valence-electron chi connectivity index (χ3n) is 3.38. The Labute approximate surface area is 91.4 Å². The summed E-state index contributed by atoms with van der Waals surface area (Å²) in [4.78, 5) is 11.2. The van der Waals surface area contributed by atoms with Gasteiger partial charge in [0, 0.05) is 13.7 Å². The van der Waals surface area contributed by atoms with Crippen LogP contribution in [0.3, 0.4) is 0 Å². The molecule has 1 rings (SSSR count). The molecule has 4 nitrogen and oxygen atoms in total. The van der Waals surface area contributed by atoms with Crippen LogP contribution in [-0.2, 0) is 4.79 Å². The molecule has 3 N–H and O–H groups in total. The van der Waals surface area contributed by atoms with E-state index in [1.165, 1.54) is 12.8 Å². The van der Waals surface area contributed by atoms with Gasteiger partial charge in [-0.1, -0.05) is 6.42 Å². The fourth-order valence-corrected chi connectivity index (χ4v) is 2.26. The molecule has 1 aliphatic carbocycles. The average Bonchev–Trinajstić information content (AvgIpc) is 2.71. The van der Waals surface area contributed by atoms with Crippen LogP contribution in [0.15, 0.2) is 0 Å². The first kappa shape index (κ1) is 12.5. The number of hydrogen-bond donors (Lipinski definition) is 3. The number of nitrogens with one attached hydrogen (secondary N) is 2. The van der Waals surface area contributed by atoms with E-state index in [0.717, 1.165) is 13.0 Å². The van der Waals surface area contributed by atoms with Crippen molar-refractivity contribution in [3.8, 4) is 0 Å². The zero-order valence-corrected chi connectivity index (χ0v) is 9.62. The lowest BCUT2D eigenvalue weighted by molar-refractivity contribution is -0.122. The summed E-state index contributed by atoms with van der Waals surface area (Å²) in [6.07, 6.45) is 3.49. The lowest BCUT2D eigenvalue weighted by Crippen LogP contribution is -2.43. The number of rotatable bonds is 5. The fraction of sp³-hybridized carbons (Fsp3) is 0.909. The maximum Gasteiger partial charge on any atom is 0.236 e.